The number of aromatic nitrogens is 3. The molecular formula is C28H29N3O2. The van der Waals surface area contributed by atoms with Crippen molar-refractivity contribution in [3.63, 3.8) is 0 Å². The maximum absolute atomic E-state index is 14.1. The zero-order chi connectivity index (χ0) is 22.5. The second-order valence-corrected chi connectivity index (χ2v) is 12.1. The molecule has 33 heavy (non-hydrogen) atoms. The van der Waals surface area contributed by atoms with Crippen LogP contribution in [-0.4, -0.2) is 13.9 Å². The topological polar surface area (TPSA) is 48.9 Å². The van der Waals surface area contributed by atoms with Crippen molar-refractivity contribution in [2.45, 2.75) is 63.6 Å². The molecule has 0 spiro atoms. The first-order valence-electron chi connectivity index (χ1n) is 12.4. The molecule has 5 nitrogen and oxygen atoms in total. The van der Waals surface area contributed by atoms with Gasteiger partial charge in [0.2, 0.25) is 0 Å². The first-order chi connectivity index (χ1) is 15.8. The molecular weight excluding hydrogens is 410 g/mol. The molecule has 0 radical (unpaired) electrons. The van der Waals surface area contributed by atoms with Crippen LogP contribution in [0, 0.1) is 22.2 Å². The van der Waals surface area contributed by atoms with Crippen LogP contribution in [0.3, 0.4) is 0 Å². The van der Waals surface area contributed by atoms with Gasteiger partial charge in [-0.2, -0.15) is 0 Å². The van der Waals surface area contributed by atoms with Gasteiger partial charge in [-0.15, -0.1) is 0 Å². The van der Waals surface area contributed by atoms with E-state index in [1.165, 1.54) is 17.5 Å². The molecule has 2 aromatic rings. The molecule has 7 aliphatic rings. The van der Waals surface area contributed by atoms with Crippen molar-refractivity contribution in [3.8, 4) is 0 Å². The fourth-order valence-electron chi connectivity index (χ4n) is 9.07. The Labute approximate surface area is 192 Å². The molecule has 9 rings (SSSR count). The maximum atomic E-state index is 14.1. The Hall–Kier alpha value is -2.82. The smallest absolute Gasteiger partial charge is 0.246 e. The van der Waals surface area contributed by atoms with E-state index in [9.17, 15) is 9.59 Å². The molecule has 5 heteroatoms. The number of hydrogen-bond acceptors (Lipinski definition) is 2. The summed E-state index contributed by atoms with van der Waals surface area (Å²) in [4.78, 5) is 28.2. The van der Waals surface area contributed by atoms with Crippen molar-refractivity contribution < 1.29 is 0 Å². The van der Waals surface area contributed by atoms with Crippen LogP contribution in [0.5, 0.6) is 0 Å². The Balaban J connectivity index is 1.39. The summed E-state index contributed by atoms with van der Waals surface area (Å²) in [6.45, 7) is 6.99. The van der Waals surface area contributed by atoms with E-state index < -0.39 is 0 Å². The molecule has 0 amide bonds. The molecule has 5 aliphatic carbocycles. The van der Waals surface area contributed by atoms with Crippen LogP contribution in [0.4, 0.5) is 0 Å². The Morgan fingerprint density at radius 1 is 0.909 bits per heavy atom. The quantitative estimate of drug-likeness (QED) is 0.619. The van der Waals surface area contributed by atoms with Crippen LogP contribution >= 0.6 is 0 Å². The number of allylic oxidation sites excluding steroid dienone is 5. The SMILES string of the molecule is CC1(C)[C@@H]2CC[C@]1(C)[C@H](n1c(=O)n3n(c1=O)[C@@H]1C=C[C@@H]3[C@@]34C=Cc5ccccc5[C@@]13C=C4)C2. The van der Waals surface area contributed by atoms with Gasteiger partial charge in [0.25, 0.3) is 0 Å². The molecule has 7 atom stereocenters. The number of nitrogens with zero attached hydrogens (tertiary/aromatic N) is 3. The standard InChI is InChI=1S/C28H29N3O2/c1-25(2)18-11-12-26(25,3)22(16-18)29-23(32)30-20-8-9-21(31(30)24(29)33)28-15-14-27(20,28)13-10-17-6-4-5-7-19(17)28/h4-10,13-15,18,20-22H,11-12,16H2,1-3H3/t18-,20-,21-,22-,26-,27+,28+/m1/s1. The van der Waals surface area contributed by atoms with Crippen LogP contribution in [-0.2, 0) is 5.41 Å². The van der Waals surface area contributed by atoms with Gasteiger partial charge in [-0.05, 0) is 47.1 Å². The highest BCUT2D eigenvalue weighted by Crippen LogP contribution is 2.71. The van der Waals surface area contributed by atoms with Crippen molar-refractivity contribution in [2.24, 2.45) is 22.2 Å². The van der Waals surface area contributed by atoms with E-state index in [0.717, 1.165) is 12.8 Å². The second-order valence-electron chi connectivity index (χ2n) is 12.1. The summed E-state index contributed by atoms with van der Waals surface area (Å²) in [5.74, 6) is 0.572. The molecule has 2 aliphatic heterocycles. The molecule has 1 aromatic heterocycles. The van der Waals surface area contributed by atoms with E-state index in [-0.39, 0.29) is 51.2 Å². The average molecular weight is 440 g/mol. The molecule has 168 valence electrons. The lowest BCUT2D eigenvalue weighted by molar-refractivity contribution is 0.0438. The lowest BCUT2D eigenvalue weighted by Crippen LogP contribution is -2.66. The van der Waals surface area contributed by atoms with Crippen molar-refractivity contribution in [1.29, 1.82) is 0 Å². The van der Waals surface area contributed by atoms with E-state index in [0.29, 0.717) is 5.92 Å². The van der Waals surface area contributed by atoms with Crippen molar-refractivity contribution >= 4 is 6.08 Å². The molecule has 2 fully saturated rings. The van der Waals surface area contributed by atoms with Gasteiger partial charge in [0.1, 0.15) is 0 Å². The maximum Gasteiger partial charge on any atom is 0.348 e. The predicted octanol–water partition coefficient (Wildman–Crippen LogP) is 4.39. The monoisotopic (exact) mass is 439 g/mol. The van der Waals surface area contributed by atoms with Crippen LogP contribution in [0.1, 0.15) is 69.3 Å². The highest BCUT2D eigenvalue weighted by Gasteiger charge is 2.69. The van der Waals surface area contributed by atoms with Crippen molar-refractivity contribution in [1.82, 2.24) is 13.9 Å². The van der Waals surface area contributed by atoms with Crippen molar-refractivity contribution in [2.75, 3.05) is 0 Å². The minimum Gasteiger partial charge on any atom is -0.246 e. The molecule has 4 bridgehead atoms. The summed E-state index contributed by atoms with van der Waals surface area (Å²) in [7, 11) is 0. The third-order valence-corrected chi connectivity index (χ3v) is 11.3. The summed E-state index contributed by atoms with van der Waals surface area (Å²) in [5.41, 5.74) is 1.75. The fraction of sp³-hybridized carbons (Fsp3) is 0.500. The van der Waals surface area contributed by atoms with Crippen LogP contribution in [0.2, 0.25) is 0 Å². The van der Waals surface area contributed by atoms with Gasteiger partial charge < -0.3 is 0 Å². The zero-order valence-corrected chi connectivity index (χ0v) is 19.4. The Morgan fingerprint density at radius 2 is 1.64 bits per heavy atom. The summed E-state index contributed by atoms with van der Waals surface area (Å²) < 4.78 is 5.27. The number of fused-ring (bicyclic) bond motifs is 3. The van der Waals surface area contributed by atoms with Crippen LogP contribution in [0.25, 0.3) is 6.08 Å². The van der Waals surface area contributed by atoms with Gasteiger partial charge in [0.15, 0.2) is 0 Å². The highest BCUT2D eigenvalue weighted by atomic mass is 16.2. The summed E-state index contributed by atoms with van der Waals surface area (Å²) in [6.07, 6.45) is 16.6. The highest BCUT2D eigenvalue weighted by molar-refractivity contribution is 5.70. The van der Waals surface area contributed by atoms with Gasteiger partial charge in [-0.1, -0.05) is 81.5 Å². The fourth-order valence-corrected chi connectivity index (χ4v) is 9.07. The molecule has 0 unspecified atom stereocenters. The third kappa shape index (κ3) is 1.60. The van der Waals surface area contributed by atoms with Crippen molar-refractivity contribution in [3.05, 3.63) is 86.7 Å². The Bertz CT molecular complexity index is 1480. The minimum atomic E-state index is -0.307. The minimum absolute atomic E-state index is 0.0262. The van der Waals surface area contributed by atoms with E-state index in [4.69, 9.17) is 0 Å². The van der Waals surface area contributed by atoms with Crippen LogP contribution in [0.15, 0.2) is 64.2 Å². The Kier molecular flexibility index (Phi) is 2.89. The summed E-state index contributed by atoms with van der Waals surface area (Å²) >= 11 is 0. The molecule has 0 saturated heterocycles. The van der Waals surface area contributed by atoms with Crippen LogP contribution < -0.4 is 11.4 Å². The normalized spacial score (nSPS) is 43.7. The van der Waals surface area contributed by atoms with E-state index in [1.807, 2.05) is 4.68 Å². The number of hydrogen-bond donors (Lipinski definition) is 0. The summed E-state index contributed by atoms with van der Waals surface area (Å²) in [6, 6.07) is 8.12. The third-order valence-electron chi connectivity index (χ3n) is 11.3. The average Bonchev–Trinajstić information content (AvgIpc) is 3.26. The molecule has 2 saturated carbocycles. The molecule has 0 N–H and O–H groups in total. The largest absolute Gasteiger partial charge is 0.348 e. The van der Waals surface area contributed by atoms with E-state index >= 15 is 0 Å². The van der Waals surface area contributed by atoms with E-state index in [1.54, 1.807) is 9.25 Å². The van der Waals surface area contributed by atoms with Gasteiger partial charge >= 0.3 is 11.4 Å². The predicted molar refractivity (Wildman–Crippen MR) is 127 cm³/mol. The number of benzene rings is 1. The first kappa shape index (κ1) is 18.6. The summed E-state index contributed by atoms with van der Waals surface area (Å²) in [5, 5.41) is 0. The van der Waals surface area contributed by atoms with Gasteiger partial charge in [-0.3, -0.25) is 0 Å². The van der Waals surface area contributed by atoms with Gasteiger partial charge in [0, 0.05) is 11.5 Å². The Morgan fingerprint density at radius 3 is 2.30 bits per heavy atom. The lowest BCUT2D eigenvalue weighted by atomic mass is 9.42. The van der Waals surface area contributed by atoms with Gasteiger partial charge in [0.05, 0.1) is 17.5 Å². The zero-order valence-electron chi connectivity index (χ0n) is 19.4. The van der Waals surface area contributed by atoms with E-state index in [2.05, 4.69) is 81.5 Å². The number of rotatable bonds is 1. The van der Waals surface area contributed by atoms with Gasteiger partial charge in [-0.25, -0.2) is 23.5 Å². The molecule has 1 aromatic carbocycles. The second kappa shape index (κ2) is 5.13. The lowest BCUT2D eigenvalue weighted by Gasteiger charge is -2.65. The molecule has 3 heterocycles. The first-order valence-corrected chi connectivity index (χ1v) is 12.4.